The minimum atomic E-state index is -1.22. The summed E-state index contributed by atoms with van der Waals surface area (Å²) in [7, 11) is 0. The quantitative estimate of drug-likeness (QED) is 0.804. The van der Waals surface area contributed by atoms with Crippen LogP contribution in [0, 0.1) is 0 Å². The fraction of sp³-hybridized carbons (Fsp3) is 0.250. The summed E-state index contributed by atoms with van der Waals surface area (Å²) in [5.74, 6) is -1.40. The number of thiophene rings is 1. The van der Waals surface area contributed by atoms with Crippen LogP contribution < -0.4 is 10.6 Å². The van der Waals surface area contributed by atoms with Crippen molar-refractivity contribution in [2.75, 3.05) is 5.32 Å². The van der Waals surface area contributed by atoms with E-state index in [-0.39, 0.29) is 23.2 Å². The van der Waals surface area contributed by atoms with Crippen LogP contribution in [-0.2, 0) is 0 Å². The van der Waals surface area contributed by atoms with Gasteiger partial charge in [0, 0.05) is 17.0 Å². The van der Waals surface area contributed by atoms with Gasteiger partial charge >= 0.3 is 12.0 Å². The molecule has 106 valence electrons. The van der Waals surface area contributed by atoms with E-state index in [4.69, 9.17) is 4.52 Å². The number of carboxylic acids is 1. The van der Waals surface area contributed by atoms with Crippen molar-refractivity contribution in [2.45, 2.75) is 19.9 Å². The molecule has 3 N–H and O–H groups in total. The van der Waals surface area contributed by atoms with Gasteiger partial charge in [-0.2, -0.15) is 11.3 Å². The van der Waals surface area contributed by atoms with E-state index in [9.17, 15) is 14.7 Å². The summed E-state index contributed by atoms with van der Waals surface area (Å²) in [6.45, 7) is 3.57. The van der Waals surface area contributed by atoms with Crippen molar-refractivity contribution in [3.05, 3.63) is 22.4 Å². The molecule has 0 radical (unpaired) electrons. The number of hydrogen-bond donors (Lipinski definition) is 3. The van der Waals surface area contributed by atoms with Gasteiger partial charge in [0.15, 0.2) is 5.56 Å². The minimum absolute atomic E-state index is 0.0810. The SMILES string of the molecule is CC(C)NC(=O)Nc1onc(-c2ccsc2)c1C(=O)O. The summed E-state index contributed by atoms with van der Waals surface area (Å²) in [5.41, 5.74) is 0.661. The molecule has 0 bridgehead atoms. The zero-order valence-electron chi connectivity index (χ0n) is 10.8. The highest BCUT2D eigenvalue weighted by molar-refractivity contribution is 7.08. The summed E-state index contributed by atoms with van der Waals surface area (Å²) >= 11 is 1.41. The monoisotopic (exact) mass is 295 g/mol. The summed E-state index contributed by atoms with van der Waals surface area (Å²) in [6, 6.07) is 1.10. The van der Waals surface area contributed by atoms with Gasteiger partial charge in [0.2, 0.25) is 5.88 Å². The molecule has 7 nitrogen and oxygen atoms in total. The van der Waals surface area contributed by atoms with E-state index < -0.39 is 12.0 Å². The van der Waals surface area contributed by atoms with Gasteiger partial charge in [-0.1, -0.05) is 5.16 Å². The van der Waals surface area contributed by atoms with Crippen LogP contribution in [0.1, 0.15) is 24.2 Å². The topological polar surface area (TPSA) is 104 Å². The molecule has 0 aromatic carbocycles. The number of rotatable bonds is 4. The Balaban J connectivity index is 2.31. The molecule has 0 unspecified atom stereocenters. The van der Waals surface area contributed by atoms with Crippen LogP contribution in [0.15, 0.2) is 21.3 Å². The standard InChI is InChI=1S/C12H13N3O4S/c1-6(2)13-12(18)14-10-8(11(16)17)9(15-19-10)7-3-4-20-5-7/h3-6H,1-2H3,(H,16,17)(H2,13,14,18). The highest BCUT2D eigenvalue weighted by Crippen LogP contribution is 2.30. The number of urea groups is 1. The fourth-order valence-corrected chi connectivity index (χ4v) is 2.21. The molecule has 8 heteroatoms. The van der Waals surface area contributed by atoms with Gasteiger partial charge in [-0.3, -0.25) is 5.32 Å². The van der Waals surface area contributed by atoms with Crippen molar-refractivity contribution >= 4 is 29.2 Å². The zero-order chi connectivity index (χ0) is 14.7. The molecule has 20 heavy (non-hydrogen) atoms. The molecular formula is C12H13N3O4S. The lowest BCUT2D eigenvalue weighted by molar-refractivity contribution is 0.0698. The maximum Gasteiger partial charge on any atom is 0.343 e. The van der Waals surface area contributed by atoms with E-state index in [1.807, 2.05) is 0 Å². The molecule has 0 aliphatic rings. The smallest absolute Gasteiger partial charge is 0.343 e. The molecule has 0 atom stereocenters. The number of hydrogen-bond acceptors (Lipinski definition) is 5. The van der Waals surface area contributed by atoms with Crippen LogP contribution in [0.3, 0.4) is 0 Å². The van der Waals surface area contributed by atoms with E-state index in [0.29, 0.717) is 5.56 Å². The molecule has 0 aliphatic carbocycles. The average molecular weight is 295 g/mol. The molecular weight excluding hydrogens is 282 g/mol. The Labute approximate surface area is 118 Å². The number of carbonyl (C=O) groups excluding carboxylic acids is 1. The number of aromatic carboxylic acids is 1. The second kappa shape index (κ2) is 5.74. The highest BCUT2D eigenvalue weighted by Gasteiger charge is 2.25. The first kappa shape index (κ1) is 14.1. The van der Waals surface area contributed by atoms with Crippen LogP contribution in [0.5, 0.6) is 0 Å². The maximum absolute atomic E-state index is 11.6. The van der Waals surface area contributed by atoms with Crippen molar-refractivity contribution < 1.29 is 19.2 Å². The number of nitrogens with one attached hydrogen (secondary N) is 2. The molecule has 0 aliphatic heterocycles. The minimum Gasteiger partial charge on any atom is -0.477 e. The summed E-state index contributed by atoms with van der Waals surface area (Å²) in [6.07, 6.45) is 0. The van der Waals surface area contributed by atoms with Gasteiger partial charge in [-0.15, -0.1) is 0 Å². The zero-order valence-corrected chi connectivity index (χ0v) is 11.7. The fourth-order valence-electron chi connectivity index (χ4n) is 1.57. The third-order valence-electron chi connectivity index (χ3n) is 2.35. The van der Waals surface area contributed by atoms with Crippen molar-refractivity contribution in [3.63, 3.8) is 0 Å². The second-order valence-corrected chi connectivity index (χ2v) is 5.09. The first-order chi connectivity index (χ1) is 9.49. The van der Waals surface area contributed by atoms with Gasteiger partial charge in [-0.05, 0) is 25.3 Å². The molecule has 2 amide bonds. The summed E-state index contributed by atoms with van der Waals surface area (Å²) in [4.78, 5) is 22.9. The molecule has 2 aromatic heterocycles. The first-order valence-electron chi connectivity index (χ1n) is 5.82. The van der Waals surface area contributed by atoms with E-state index in [2.05, 4.69) is 15.8 Å². The van der Waals surface area contributed by atoms with Gasteiger partial charge < -0.3 is 14.9 Å². The molecule has 0 fully saturated rings. The molecule has 2 heterocycles. The first-order valence-corrected chi connectivity index (χ1v) is 6.76. The van der Waals surface area contributed by atoms with E-state index in [1.54, 1.807) is 30.7 Å². The normalized spacial score (nSPS) is 10.6. The molecule has 2 aromatic rings. The Bertz CT molecular complexity index is 619. The van der Waals surface area contributed by atoms with E-state index >= 15 is 0 Å². The highest BCUT2D eigenvalue weighted by atomic mass is 32.1. The Morgan fingerprint density at radius 2 is 2.20 bits per heavy atom. The average Bonchev–Trinajstić information content (AvgIpc) is 2.94. The van der Waals surface area contributed by atoms with Crippen molar-refractivity contribution in [2.24, 2.45) is 0 Å². The van der Waals surface area contributed by atoms with Crippen LogP contribution in [-0.4, -0.2) is 28.3 Å². The second-order valence-electron chi connectivity index (χ2n) is 4.31. The number of aromatic nitrogens is 1. The van der Waals surface area contributed by atoms with Crippen molar-refractivity contribution in [1.82, 2.24) is 10.5 Å². The number of amides is 2. The van der Waals surface area contributed by atoms with Gasteiger partial charge in [0.25, 0.3) is 0 Å². The third-order valence-corrected chi connectivity index (χ3v) is 3.03. The Morgan fingerprint density at radius 1 is 1.45 bits per heavy atom. The largest absolute Gasteiger partial charge is 0.477 e. The molecule has 0 saturated heterocycles. The van der Waals surface area contributed by atoms with Gasteiger partial charge in [0.05, 0.1) is 0 Å². The van der Waals surface area contributed by atoms with Gasteiger partial charge in [0.1, 0.15) is 5.69 Å². The third kappa shape index (κ3) is 2.97. The van der Waals surface area contributed by atoms with E-state index in [0.717, 1.165) is 0 Å². The van der Waals surface area contributed by atoms with Crippen molar-refractivity contribution in [3.8, 4) is 11.3 Å². The summed E-state index contributed by atoms with van der Waals surface area (Å²) in [5, 5.41) is 21.5. The Kier molecular flexibility index (Phi) is 4.04. The number of anilines is 1. The lowest BCUT2D eigenvalue weighted by Gasteiger charge is -2.08. The number of carboxylic acid groups (broad SMARTS) is 1. The van der Waals surface area contributed by atoms with Crippen LogP contribution in [0.4, 0.5) is 10.7 Å². The molecule has 2 rings (SSSR count). The van der Waals surface area contributed by atoms with Crippen LogP contribution >= 0.6 is 11.3 Å². The van der Waals surface area contributed by atoms with E-state index in [1.165, 1.54) is 11.3 Å². The van der Waals surface area contributed by atoms with Gasteiger partial charge in [-0.25, -0.2) is 9.59 Å². The van der Waals surface area contributed by atoms with Crippen molar-refractivity contribution in [1.29, 1.82) is 0 Å². The number of nitrogens with zero attached hydrogens (tertiary/aromatic N) is 1. The predicted octanol–water partition coefficient (Wildman–Crippen LogP) is 2.63. The molecule has 0 saturated carbocycles. The number of carbonyl (C=O) groups is 2. The molecule has 0 spiro atoms. The van der Waals surface area contributed by atoms with Crippen LogP contribution in [0.2, 0.25) is 0 Å². The van der Waals surface area contributed by atoms with Crippen LogP contribution in [0.25, 0.3) is 11.3 Å². The predicted molar refractivity (Wildman–Crippen MR) is 74.1 cm³/mol. The summed E-state index contributed by atoms with van der Waals surface area (Å²) < 4.78 is 4.93. The maximum atomic E-state index is 11.6. The Morgan fingerprint density at radius 3 is 2.75 bits per heavy atom. The lowest BCUT2D eigenvalue weighted by atomic mass is 10.1. The lowest BCUT2D eigenvalue weighted by Crippen LogP contribution is -2.34. The Hall–Kier alpha value is -2.35.